The van der Waals surface area contributed by atoms with E-state index in [1.807, 2.05) is 30.3 Å². The number of esters is 1. The zero-order chi connectivity index (χ0) is 24.3. The molecule has 0 aliphatic carbocycles. The molecule has 0 amide bonds. The van der Waals surface area contributed by atoms with Crippen molar-refractivity contribution in [2.24, 2.45) is 0 Å². The Bertz CT molecular complexity index is 938. The van der Waals surface area contributed by atoms with Crippen molar-refractivity contribution in [1.29, 1.82) is 5.26 Å². The molecule has 1 atom stereocenters. The number of aliphatic hydroxyl groups is 1. The van der Waals surface area contributed by atoms with Crippen LogP contribution in [0, 0.1) is 11.3 Å². The Kier molecular flexibility index (Phi) is 10.1. The minimum absolute atomic E-state index is 0.0180. The lowest BCUT2D eigenvalue weighted by atomic mass is 9.94. The van der Waals surface area contributed by atoms with Gasteiger partial charge < -0.3 is 24.6 Å². The van der Waals surface area contributed by atoms with Gasteiger partial charge in [-0.05, 0) is 57.0 Å². The standard InChI is InChI=1S/C25H33N3O5/c1-5-32-24(30)13-9-19-8-12-23(22(15-26)28-19)33-17-20(29)16-27-25(2,3)14-18-6-10-21(31-4)11-7-18/h6-8,10-12,20,27,29H,5,9,13-14,16-17H2,1-4H3. The first-order valence-corrected chi connectivity index (χ1v) is 11.0. The average Bonchev–Trinajstić information content (AvgIpc) is 2.80. The summed E-state index contributed by atoms with van der Waals surface area (Å²) in [5.41, 5.74) is 1.65. The van der Waals surface area contributed by atoms with E-state index in [-0.39, 0.29) is 30.2 Å². The summed E-state index contributed by atoms with van der Waals surface area (Å²) in [6, 6.07) is 13.3. The molecular weight excluding hydrogens is 422 g/mol. The molecule has 0 saturated carbocycles. The van der Waals surface area contributed by atoms with Gasteiger partial charge in [-0.15, -0.1) is 0 Å². The number of aryl methyl sites for hydroxylation is 1. The first kappa shape index (κ1) is 26.1. The van der Waals surface area contributed by atoms with E-state index >= 15 is 0 Å². The maximum Gasteiger partial charge on any atom is 0.306 e. The maximum absolute atomic E-state index is 11.5. The van der Waals surface area contributed by atoms with E-state index in [0.29, 0.717) is 31.0 Å². The van der Waals surface area contributed by atoms with Crippen LogP contribution in [0.2, 0.25) is 0 Å². The molecule has 0 spiro atoms. The normalized spacial score (nSPS) is 12.0. The lowest BCUT2D eigenvalue weighted by molar-refractivity contribution is -0.143. The Balaban J connectivity index is 1.83. The molecule has 2 aromatic rings. The fraction of sp³-hybridized carbons (Fsp3) is 0.480. The molecule has 1 aromatic carbocycles. The van der Waals surface area contributed by atoms with E-state index in [2.05, 4.69) is 24.1 Å². The SMILES string of the molecule is CCOC(=O)CCc1ccc(OCC(O)CNC(C)(C)Cc2ccc(OC)cc2)c(C#N)n1. The Hall–Kier alpha value is -3.15. The second-order valence-corrected chi connectivity index (χ2v) is 8.32. The summed E-state index contributed by atoms with van der Waals surface area (Å²) in [6.45, 7) is 6.57. The predicted octanol–water partition coefficient (Wildman–Crippen LogP) is 2.81. The molecule has 2 rings (SSSR count). The number of β-amino-alcohol motifs (C(OH)–C–C–N with tert-alkyl or cyclic N) is 1. The number of nitrogens with one attached hydrogen (secondary N) is 1. The Morgan fingerprint density at radius 1 is 1.24 bits per heavy atom. The van der Waals surface area contributed by atoms with Crippen molar-refractivity contribution >= 4 is 5.97 Å². The van der Waals surface area contributed by atoms with Gasteiger partial charge in [-0.2, -0.15) is 5.26 Å². The lowest BCUT2D eigenvalue weighted by Gasteiger charge is -2.28. The summed E-state index contributed by atoms with van der Waals surface area (Å²) < 4.78 is 15.7. The van der Waals surface area contributed by atoms with Crippen molar-refractivity contribution in [3.63, 3.8) is 0 Å². The number of rotatable bonds is 13. The van der Waals surface area contributed by atoms with Crippen molar-refractivity contribution in [1.82, 2.24) is 10.3 Å². The van der Waals surface area contributed by atoms with Gasteiger partial charge in [0.15, 0.2) is 11.4 Å². The number of benzene rings is 1. The minimum atomic E-state index is -0.768. The van der Waals surface area contributed by atoms with Gasteiger partial charge in [0.05, 0.1) is 20.1 Å². The van der Waals surface area contributed by atoms with Crippen molar-refractivity contribution in [3.05, 3.63) is 53.3 Å². The lowest BCUT2D eigenvalue weighted by Crippen LogP contribution is -2.46. The molecule has 1 unspecified atom stereocenters. The molecule has 1 aromatic heterocycles. The van der Waals surface area contributed by atoms with Gasteiger partial charge in [-0.3, -0.25) is 4.79 Å². The van der Waals surface area contributed by atoms with Crippen LogP contribution >= 0.6 is 0 Å². The number of hydrogen-bond acceptors (Lipinski definition) is 8. The molecule has 0 fully saturated rings. The maximum atomic E-state index is 11.5. The van der Waals surface area contributed by atoms with Crippen LogP contribution in [0.15, 0.2) is 36.4 Å². The van der Waals surface area contributed by atoms with Crippen molar-refractivity contribution < 1.29 is 24.1 Å². The van der Waals surface area contributed by atoms with Crippen LogP contribution in [-0.4, -0.2) is 54.6 Å². The molecule has 0 radical (unpaired) electrons. The topological polar surface area (TPSA) is 114 Å². The Labute approximate surface area is 195 Å². The molecule has 2 N–H and O–H groups in total. The molecule has 8 nitrogen and oxygen atoms in total. The fourth-order valence-electron chi connectivity index (χ4n) is 3.24. The number of aliphatic hydroxyl groups excluding tert-OH is 1. The second kappa shape index (κ2) is 12.8. The first-order valence-electron chi connectivity index (χ1n) is 11.0. The summed E-state index contributed by atoms with van der Waals surface area (Å²) in [6.07, 6.45) is 0.585. The highest BCUT2D eigenvalue weighted by Crippen LogP contribution is 2.19. The number of aromatic nitrogens is 1. The summed E-state index contributed by atoms with van der Waals surface area (Å²) in [7, 11) is 1.64. The third-order valence-corrected chi connectivity index (χ3v) is 4.96. The molecular formula is C25H33N3O5. The predicted molar refractivity (Wildman–Crippen MR) is 124 cm³/mol. The third kappa shape index (κ3) is 9.08. The van der Waals surface area contributed by atoms with Crippen LogP contribution in [0.4, 0.5) is 0 Å². The number of nitrogens with zero attached hydrogens (tertiary/aromatic N) is 2. The van der Waals surface area contributed by atoms with Gasteiger partial charge in [0.1, 0.15) is 24.5 Å². The van der Waals surface area contributed by atoms with Gasteiger partial charge in [-0.25, -0.2) is 4.98 Å². The highest BCUT2D eigenvalue weighted by Gasteiger charge is 2.20. The molecule has 0 aliphatic heterocycles. The number of hydrogen-bond donors (Lipinski definition) is 2. The average molecular weight is 456 g/mol. The first-order chi connectivity index (χ1) is 15.8. The van der Waals surface area contributed by atoms with Crippen LogP contribution < -0.4 is 14.8 Å². The van der Waals surface area contributed by atoms with Crippen LogP contribution in [0.25, 0.3) is 0 Å². The van der Waals surface area contributed by atoms with Gasteiger partial charge in [0.2, 0.25) is 0 Å². The summed E-state index contributed by atoms with van der Waals surface area (Å²) in [5.74, 6) is 0.813. The highest BCUT2D eigenvalue weighted by atomic mass is 16.5. The van der Waals surface area contributed by atoms with E-state index in [1.54, 1.807) is 26.2 Å². The van der Waals surface area contributed by atoms with Gasteiger partial charge >= 0.3 is 5.97 Å². The van der Waals surface area contributed by atoms with E-state index in [0.717, 1.165) is 17.7 Å². The largest absolute Gasteiger partial charge is 0.497 e. The molecule has 178 valence electrons. The smallest absolute Gasteiger partial charge is 0.306 e. The van der Waals surface area contributed by atoms with E-state index in [4.69, 9.17) is 14.2 Å². The van der Waals surface area contributed by atoms with Gasteiger partial charge in [-0.1, -0.05) is 12.1 Å². The molecule has 33 heavy (non-hydrogen) atoms. The quantitative estimate of drug-likeness (QED) is 0.443. The van der Waals surface area contributed by atoms with E-state index in [1.165, 1.54) is 0 Å². The number of carbonyl (C=O) groups excluding carboxylic acids is 1. The van der Waals surface area contributed by atoms with E-state index < -0.39 is 6.10 Å². The monoisotopic (exact) mass is 455 g/mol. The molecule has 8 heteroatoms. The fourth-order valence-corrected chi connectivity index (χ4v) is 3.24. The van der Waals surface area contributed by atoms with Crippen LogP contribution in [0.5, 0.6) is 11.5 Å². The number of ether oxygens (including phenoxy) is 3. The van der Waals surface area contributed by atoms with Crippen molar-refractivity contribution in [3.8, 4) is 17.6 Å². The Morgan fingerprint density at radius 3 is 2.61 bits per heavy atom. The zero-order valence-corrected chi connectivity index (χ0v) is 19.8. The van der Waals surface area contributed by atoms with E-state index in [9.17, 15) is 15.2 Å². The highest BCUT2D eigenvalue weighted by molar-refractivity contribution is 5.69. The summed E-state index contributed by atoms with van der Waals surface area (Å²) >= 11 is 0. The van der Waals surface area contributed by atoms with Crippen LogP contribution in [0.1, 0.15) is 44.1 Å². The number of pyridine rings is 1. The number of methoxy groups -OCH3 is 1. The Morgan fingerprint density at radius 2 is 1.97 bits per heavy atom. The van der Waals surface area contributed by atoms with Gasteiger partial charge in [0.25, 0.3) is 0 Å². The van der Waals surface area contributed by atoms with Crippen LogP contribution in [-0.2, 0) is 22.4 Å². The molecule has 1 heterocycles. The molecule has 0 saturated heterocycles. The minimum Gasteiger partial charge on any atom is -0.497 e. The third-order valence-electron chi connectivity index (χ3n) is 4.96. The van der Waals surface area contributed by atoms with Crippen molar-refractivity contribution in [2.75, 3.05) is 26.9 Å². The van der Waals surface area contributed by atoms with Crippen LogP contribution in [0.3, 0.4) is 0 Å². The summed E-state index contributed by atoms with van der Waals surface area (Å²) in [5, 5.41) is 23.1. The van der Waals surface area contributed by atoms with Crippen molar-refractivity contribution in [2.45, 2.75) is 51.7 Å². The second-order valence-electron chi connectivity index (χ2n) is 8.32. The molecule has 0 aliphatic rings. The summed E-state index contributed by atoms with van der Waals surface area (Å²) in [4.78, 5) is 15.7. The number of carbonyl (C=O) groups is 1. The molecule has 0 bridgehead atoms. The van der Waals surface area contributed by atoms with Gasteiger partial charge in [0, 0.05) is 24.2 Å². The zero-order valence-electron chi connectivity index (χ0n) is 19.8. The number of nitriles is 1.